The first-order chi connectivity index (χ1) is 28.4. The zero-order chi connectivity index (χ0) is 41.3. The number of benzene rings is 7. The standard InChI is InChI=1S/C45H29N3O/c1-4-11-30(12-5-1)32-19-23-35(24-20-32)43-46-44(36-25-21-33(22-26-36)31-13-6-2-7-14-31)48-45(47-43)37-27-28-39-41(29-37)49-40-18-10-17-38(42(39)40)34-15-8-3-9-16-34/h1-29H/i1D,3D,4D,5D,8D,9D,11D,12D,15D,16D. The molecule has 0 bridgehead atoms. The maximum atomic E-state index is 8.63. The van der Waals surface area contributed by atoms with Crippen molar-refractivity contribution in [1.29, 1.82) is 0 Å². The number of hydrogen-bond donors (Lipinski definition) is 0. The van der Waals surface area contributed by atoms with Gasteiger partial charge in [0, 0.05) is 27.5 Å². The lowest BCUT2D eigenvalue weighted by atomic mass is 9.99. The summed E-state index contributed by atoms with van der Waals surface area (Å²) in [5.74, 6) is 1.06. The fraction of sp³-hybridized carbons (Fsp3) is 0. The molecule has 2 aromatic heterocycles. The van der Waals surface area contributed by atoms with Crippen molar-refractivity contribution in [3.05, 3.63) is 176 Å². The molecule has 0 amide bonds. The Morgan fingerprint density at radius 3 is 1.53 bits per heavy atom. The van der Waals surface area contributed by atoms with Crippen LogP contribution in [-0.2, 0) is 0 Å². The predicted molar refractivity (Wildman–Crippen MR) is 200 cm³/mol. The second-order valence-corrected chi connectivity index (χ2v) is 11.3. The van der Waals surface area contributed by atoms with Crippen LogP contribution in [0.1, 0.15) is 13.7 Å². The second-order valence-electron chi connectivity index (χ2n) is 11.3. The third-order valence-electron chi connectivity index (χ3n) is 8.34. The van der Waals surface area contributed by atoms with Gasteiger partial charge in [0.05, 0.1) is 13.7 Å². The van der Waals surface area contributed by atoms with E-state index in [1.807, 2.05) is 66.7 Å². The van der Waals surface area contributed by atoms with Gasteiger partial charge in [-0.15, -0.1) is 0 Å². The van der Waals surface area contributed by atoms with Gasteiger partial charge >= 0.3 is 0 Å². The van der Waals surface area contributed by atoms with Crippen LogP contribution in [0.5, 0.6) is 0 Å². The Hall–Kier alpha value is -6.65. The van der Waals surface area contributed by atoms with Crippen LogP contribution in [-0.4, -0.2) is 15.0 Å². The largest absolute Gasteiger partial charge is 0.456 e. The minimum atomic E-state index is -0.467. The highest BCUT2D eigenvalue weighted by atomic mass is 16.3. The molecule has 0 aliphatic carbocycles. The van der Waals surface area contributed by atoms with Crippen LogP contribution in [0.3, 0.4) is 0 Å². The van der Waals surface area contributed by atoms with Crippen LogP contribution in [0, 0.1) is 0 Å². The highest BCUT2D eigenvalue weighted by Gasteiger charge is 2.17. The monoisotopic (exact) mass is 637 g/mol. The highest BCUT2D eigenvalue weighted by Crippen LogP contribution is 2.38. The first-order valence-electron chi connectivity index (χ1n) is 20.5. The van der Waals surface area contributed by atoms with Crippen molar-refractivity contribution < 1.29 is 18.1 Å². The molecule has 0 atom stereocenters. The number of hydrogen-bond acceptors (Lipinski definition) is 4. The lowest BCUT2D eigenvalue weighted by molar-refractivity contribution is 0.669. The molecule has 0 spiro atoms. The van der Waals surface area contributed by atoms with Gasteiger partial charge in [0.25, 0.3) is 0 Å². The van der Waals surface area contributed by atoms with Crippen molar-refractivity contribution in [1.82, 2.24) is 15.0 Å². The van der Waals surface area contributed by atoms with Crippen molar-refractivity contribution in [2.24, 2.45) is 0 Å². The Morgan fingerprint density at radius 2 is 0.898 bits per heavy atom. The summed E-state index contributed by atoms with van der Waals surface area (Å²) in [5, 5.41) is 1.27. The van der Waals surface area contributed by atoms with Crippen LogP contribution in [0.2, 0.25) is 0 Å². The van der Waals surface area contributed by atoms with Crippen molar-refractivity contribution >= 4 is 21.9 Å². The molecule has 0 radical (unpaired) electrons. The summed E-state index contributed by atoms with van der Waals surface area (Å²) in [6.07, 6.45) is 0. The summed E-state index contributed by atoms with van der Waals surface area (Å²) in [4.78, 5) is 14.7. The summed E-state index contributed by atoms with van der Waals surface area (Å²) < 4.78 is 89.3. The minimum absolute atomic E-state index is 0.0796. The number of furan rings is 1. The quantitative estimate of drug-likeness (QED) is 0.182. The van der Waals surface area contributed by atoms with Gasteiger partial charge in [0.15, 0.2) is 17.5 Å². The summed E-state index contributed by atoms with van der Waals surface area (Å²) in [7, 11) is 0. The third-order valence-corrected chi connectivity index (χ3v) is 8.34. The van der Waals surface area contributed by atoms with Gasteiger partial charge in [-0.3, -0.25) is 0 Å². The average molecular weight is 638 g/mol. The molecule has 0 saturated carbocycles. The van der Waals surface area contributed by atoms with Crippen LogP contribution >= 0.6 is 0 Å². The number of nitrogens with zero attached hydrogens (tertiary/aromatic N) is 3. The van der Waals surface area contributed by atoms with Crippen molar-refractivity contribution in [3.63, 3.8) is 0 Å². The van der Waals surface area contributed by atoms with Crippen molar-refractivity contribution in [2.45, 2.75) is 0 Å². The van der Waals surface area contributed by atoms with E-state index in [1.54, 1.807) is 48.5 Å². The van der Waals surface area contributed by atoms with E-state index in [2.05, 4.69) is 0 Å². The van der Waals surface area contributed by atoms with Gasteiger partial charge in [0.2, 0.25) is 0 Å². The Balaban J connectivity index is 1.18. The normalized spacial score (nSPS) is 14.1. The van der Waals surface area contributed by atoms with Crippen molar-refractivity contribution in [2.75, 3.05) is 0 Å². The lowest BCUT2D eigenvalue weighted by Crippen LogP contribution is -2.00. The van der Waals surface area contributed by atoms with Gasteiger partial charge in [-0.05, 0) is 51.6 Å². The van der Waals surface area contributed by atoms with E-state index in [0.29, 0.717) is 61.7 Å². The molecule has 49 heavy (non-hydrogen) atoms. The number of fused-ring (bicyclic) bond motifs is 3. The predicted octanol–water partition coefficient (Wildman–Crippen LogP) is 11.8. The average Bonchev–Trinajstić information content (AvgIpc) is 3.65. The maximum absolute atomic E-state index is 8.63. The molecular formula is C45H29N3O. The van der Waals surface area contributed by atoms with Crippen LogP contribution in [0.25, 0.3) is 89.5 Å². The summed E-state index contributed by atoms with van der Waals surface area (Å²) in [6.45, 7) is 0. The zero-order valence-electron chi connectivity index (χ0n) is 35.7. The maximum Gasteiger partial charge on any atom is 0.164 e. The molecular weight excluding hydrogens is 599 g/mol. The van der Waals surface area contributed by atoms with Crippen molar-refractivity contribution in [3.8, 4) is 67.5 Å². The Bertz CT molecular complexity index is 3100. The Kier molecular flexibility index (Phi) is 4.94. The fourth-order valence-electron chi connectivity index (χ4n) is 5.94. The fourth-order valence-corrected chi connectivity index (χ4v) is 5.94. The second kappa shape index (κ2) is 12.2. The summed E-state index contributed by atoms with van der Waals surface area (Å²) >= 11 is 0. The molecule has 4 nitrogen and oxygen atoms in total. The van der Waals surface area contributed by atoms with Crippen LogP contribution < -0.4 is 0 Å². The lowest BCUT2D eigenvalue weighted by Gasteiger charge is -2.10. The molecule has 0 aliphatic rings. The molecule has 7 aromatic carbocycles. The Morgan fingerprint density at radius 1 is 0.388 bits per heavy atom. The molecule has 0 N–H and O–H groups in total. The van der Waals surface area contributed by atoms with Gasteiger partial charge in [0.1, 0.15) is 11.2 Å². The Labute approximate surface area is 298 Å². The minimum Gasteiger partial charge on any atom is -0.456 e. The van der Waals surface area contributed by atoms with Gasteiger partial charge in [-0.1, -0.05) is 157 Å². The van der Waals surface area contributed by atoms with E-state index >= 15 is 0 Å². The van der Waals surface area contributed by atoms with E-state index in [0.717, 1.165) is 16.7 Å². The van der Waals surface area contributed by atoms with E-state index < -0.39 is 36.3 Å². The van der Waals surface area contributed by atoms with Crippen LogP contribution in [0.15, 0.2) is 180 Å². The highest BCUT2D eigenvalue weighted by molar-refractivity contribution is 6.13. The van der Waals surface area contributed by atoms with Gasteiger partial charge in [-0.25, -0.2) is 15.0 Å². The topological polar surface area (TPSA) is 51.8 Å². The third kappa shape index (κ3) is 5.45. The first kappa shape index (κ1) is 19.9. The molecule has 2 heterocycles. The zero-order valence-corrected chi connectivity index (χ0v) is 25.7. The molecule has 4 heteroatoms. The van der Waals surface area contributed by atoms with E-state index in [9.17, 15) is 0 Å². The first-order valence-corrected chi connectivity index (χ1v) is 15.5. The molecule has 9 rings (SSSR count). The van der Waals surface area contributed by atoms with E-state index in [-0.39, 0.29) is 35.3 Å². The molecule has 0 fully saturated rings. The number of aromatic nitrogens is 3. The van der Waals surface area contributed by atoms with Gasteiger partial charge < -0.3 is 4.42 Å². The smallest absolute Gasteiger partial charge is 0.164 e. The van der Waals surface area contributed by atoms with Gasteiger partial charge in [-0.2, -0.15) is 0 Å². The molecule has 230 valence electrons. The number of rotatable bonds is 6. The molecule has 9 aromatic rings. The van der Waals surface area contributed by atoms with Crippen LogP contribution in [0.4, 0.5) is 0 Å². The van der Waals surface area contributed by atoms with E-state index in [1.165, 1.54) is 0 Å². The SMILES string of the molecule is [2H]c1c([2H])c([2H])c(-c2ccc(-c3nc(-c4ccc(-c5ccccc5)cc4)nc(-c4ccc5c(c4)oc4cccc(-c6c([2H])c([2H])c([2H])c([2H])c6[2H])c45)n3)cc2)c([2H])c1[2H]. The summed E-state index contributed by atoms with van der Waals surface area (Å²) in [5.41, 5.74) is 6.00. The molecule has 0 unspecified atom stereocenters. The molecule has 0 saturated heterocycles. The molecule has 0 aliphatic heterocycles. The van der Waals surface area contributed by atoms with E-state index in [4.69, 9.17) is 33.1 Å². The summed E-state index contributed by atoms with van der Waals surface area (Å²) in [6, 6.07) is 31.5.